The molecule has 3 heteroatoms. The number of nitrogens with one attached hydrogen (secondary N) is 1. The standard InChI is InChI=1S/C23H20N2O/c1-25(2)22-15-14-21(18-11-5-6-12-19(18)22)24-23(26)20-13-7-9-16-8-3-4-10-17(16)20/h3-15H,1-2H3,(H,24,26). The molecule has 0 bridgehead atoms. The van der Waals surface area contributed by atoms with E-state index in [1.54, 1.807) is 0 Å². The van der Waals surface area contributed by atoms with Gasteiger partial charge in [-0.2, -0.15) is 0 Å². The van der Waals surface area contributed by atoms with E-state index in [0.29, 0.717) is 5.56 Å². The number of anilines is 2. The highest BCUT2D eigenvalue weighted by molar-refractivity contribution is 6.16. The summed E-state index contributed by atoms with van der Waals surface area (Å²) < 4.78 is 0. The molecule has 0 saturated carbocycles. The van der Waals surface area contributed by atoms with Crippen molar-refractivity contribution in [2.75, 3.05) is 24.3 Å². The first-order valence-electron chi connectivity index (χ1n) is 8.63. The summed E-state index contributed by atoms with van der Waals surface area (Å²) in [7, 11) is 4.05. The van der Waals surface area contributed by atoms with E-state index in [-0.39, 0.29) is 5.91 Å². The Morgan fingerprint density at radius 1 is 0.731 bits per heavy atom. The lowest BCUT2D eigenvalue weighted by Gasteiger charge is -2.18. The smallest absolute Gasteiger partial charge is 0.256 e. The summed E-state index contributed by atoms with van der Waals surface area (Å²) in [5.74, 6) is -0.0930. The van der Waals surface area contributed by atoms with E-state index in [1.165, 1.54) is 0 Å². The summed E-state index contributed by atoms with van der Waals surface area (Å²) in [6, 6.07) is 25.9. The van der Waals surface area contributed by atoms with E-state index in [9.17, 15) is 4.79 Å². The topological polar surface area (TPSA) is 32.3 Å². The number of carbonyl (C=O) groups excluding carboxylic acids is 1. The Balaban J connectivity index is 1.78. The van der Waals surface area contributed by atoms with Crippen LogP contribution in [0.4, 0.5) is 11.4 Å². The van der Waals surface area contributed by atoms with Gasteiger partial charge in [-0.05, 0) is 29.0 Å². The SMILES string of the molecule is CN(C)c1ccc(NC(=O)c2cccc3ccccc23)c2ccccc12. The third-order valence-electron chi connectivity index (χ3n) is 4.67. The fourth-order valence-electron chi connectivity index (χ4n) is 3.40. The molecule has 0 unspecified atom stereocenters. The van der Waals surface area contributed by atoms with Crippen molar-refractivity contribution in [1.29, 1.82) is 0 Å². The molecule has 26 heavy (non-hydrogen) atoms. The predicted octanol–water partition coefficient (Wildman–Crippen LogP) is 5.31. The quantitative estimate of drug-likeness (QED) is 0.548. The summed E-state index contributed by atoms with van der Waals surface area (Å²) in [4.78, 5) is 15.1. The summed E-state index contributed by atoms with van der Waals surface area (Å²) >= 11 is 0. The number of benzene rings is 4. The van der Waals surface area contributed by atoms with Crippen molar-refractivity contribution in [3.8, 4) is 0 Å². The molecule has 0 spiro atoms. The zero-order chi connectivity index (χ0) is 18.1. The highest BCUT2D eigenvalue weighted by Gasteiger charge is 2.13. The molecule has 0 atom stereocenters. The first-order valence-corrected chi connectivity index (χ1v) is 8.63. The number of hydrogen-bond donors (Lipinski definition) is 1. The van der Waals surface area contributed by atoms with Gasteiger partial charge in [0.1, 0.15) is 0 Å². The third kappa shape index (κ3) is 2.78. The van der Waals surface area contributed by atoms with E-state index in [1.807, 2.05) is 86.9 Å². The van der Waals surface area contributed by atoms with E-state index in [4.69, 9.17) is 0 Å². The number of hydrogen-bond acceptors (Lipinski definition) is 2. The molecular formula is C23H20N2O. The predicted molar refractivity (Wildman–Crippen MR) is 110 cm³/mol. The minimum atomic E-state index is -0.0930. The van der Waals surface area contributed by atoms with Crippen LogP contribution in [0.25, 0.3) is 21.5 Å². The lowest BCUT2D eigenvalue weighted by molar-refractivity contribution is 0.102. The number of amides is 1. The Hall–Kier alpha value is -3.33. The van der Waals surface area contributed by atoms with E-state index >= 15 is 0 Å². The van der Waals surface area contributed by atoms with Gasteiger partial charge in [0.15, 0.2) is 0 Å². The molecule has 0 aliphatic carbocycles. The van der Waals surface area contributed by atoms with Gasteiger partial charge in [0.25, 0.3) is 5.91 Å². The molecule has 0 aliphatic rings. The molecular weight excluding hydrogens is 320 g/mol. The van der Waals surface area contributed by atoms with Crippen LogP contribution in [-0.2, 0) is 0 Å². The van der Waals surface area contributed by atoms with E-state index < -0.39 is 0 Å². The van der Waals surface area contributed by atoms with Crippen molar-refractivity contribution in [2.24, 2.45) is 0 Å². The molecule has 3 nitrogen and oxygen atoms in total. The van der Waals surface area contributed by atoms with Gasteiger partial charge in [0.05, 0.1) is 0 Å². The second-order valence-electron chi connectivity index (χ2n) is 6.55. The summed E-state index contributed by atoms with van der Waals surface area (Å²) in [5.41, 5.74) is 2.64. The van der Waals surface area contributed by atoms with Gasteiger partial charge in [-0.3, -0.25) is 4.79 Å². The average molecular weight is 340 g/mol. The van der Waals surface area contributed by atoms with Crippen LogP contribution in [0.1, 0.15) is 10.4 Å². The summed E-state index contributed by atoms with van der Waals surface area (Å²) in [6.07, 6.45) is 0. The van der Waals surface area contributed by atoms with Crippen molar-refractivity contribution in [2.45, 2.75) is 0 Å². The zero-order valence-electron chi connectivity index (χ0n) is 14.9. The third-order valence-corrected chi connectivity index (χ3v) is 4.67. The first-order chi connectivity index (χ1) is 12.6. The Morgan fingerprint density at radius 2 is 1.38 bits per heavy atom. The van der Waals surface area contributed by atoms with Crippen molar-refractivity contribution in [3.05, 3.63) is 84.4 Å². The normalized spacial score (nSPS) is 10.8. The van der Waals surface area contributed by atoms with Gasteiger partial charge in [-0.15, -0.1) is 0 Å². The van der Waals surface area contributed by atoms with Crippen LogP contribution in [0.15, 0.2) is 78.9 Å². The van der Waals surface area contributed by atoms with Crippen LogP contribution < -0.4 is 10.2 Å². The molecule has 0 aliphatic heterocycles. The zero-order valence-corrected chi connectivity index (χ0v) is 14.9. The van der Waals surface area contributed by atoms with Crippen LogP contribution in [0.3, 0.4) is 0 Å². The maximum atomic E-state index is 13.0. The summed E-state index contributed by atoms with van der Waals surface area (Å²) in [6.45, 7) is 0. The average Bonchev–Trinajstić information content (AvgIpc) is 2.67. The van der Waals surface area contributed by atoms with E-state index in [2.05, 4.69) is 16.3 Å². The minimum Gasteiger partial charge on any atom is -0.377 e. The molecule has 0 heterocycles. The molecule has 0 saturated heterocycles. The van der Waals surface area contributed by atoms with Gasteiger partial charge in [0, 0.05) is 41.8 Å². The molecule has 4 aromatic carbocycles. The molecule has 4 aromatic rings. The van der Waals surface area contributed by atoms with Crippen LogP contribution in [0.5, 0.6) is 0 Å². The highest BCUT2D eigenvalue weighted by atomic mass is 16.1. The molecule has 0 radical (unpaired) electrons. The number of carbonyl (C=O) groups is 1. The van der Waals surface area contributed by atoms with Crippen LogP contribution >= 0.6 is 0 Å². The number of fused-ring (bicyclic) bond motifs is 2. The molecule has 1 amide bonds. The maximum Gasteiger partial charge on any atom is 0.256 e. The van der Waals surface area contributed by atoms with Crippen molar-refractivity contribution < 1.29 is 4.79 Å². The minimum absolute atomic E-state index is 0.0930. The summed E-state index contributed by atoms with van der Waals surface area (Å²) in [5, 5.41) is 7.28. The van der Waals surface area contributed by atoms with Gasteiger partial charge in [0.2, 0.25) is 0 Å². The highest BCUT2D eigenvalue weighted by Crippen LogP contribution is 2.32. The van der Waals surface area contributed by atoms with Crippen LogP contribution in [0, 0.1) is 0 Å². The molecule has 4 rings (SSSR count). The van der Waals surface area contributed by atoms with Crippen molar-refractivity contribution in [1.82, 2.24) is 0 Å². The molecule has 1 N–H and O–H groups in total. The Labute approximate surface area is 152 Å². The largest absolute Gasteiger partial charge is 0.377 e. The van der Waals surface area contributed by atoms with Gasteiger partial charge in [-0.1, -0.05) is 60.7 Å². The fraction of sp³-hybridized carbons (Fsp3) is 0.0870. The lowest BCUT2D eigenvalue weighted by atomic mass is 10.0. The van der Waals surface area contributed by atoms with Gasteiger partial charge < -0.3 is 10.2 Å². The maximum absolute atomic E-state index is 13.0. The van der Waals surface area contributed by atoms with Gasteiger partial charge >= 0.3 is 0 Å². The van der Waals surface area contributed by atoms with Gasteiger partial charge in [-0.25, -0.2) is 0 Å². The number of rotatable bonds is 3. The Kier molecular flexibility index (Phi) is 4.05. The molecule has 128 valence electrons. The monoisotopic (exact) mass is 340 g/mol. The fourth-order valence-corrected chi connectivity index (χ4v) is 3.40. The number of nitrogens with zero attached hydrogens (tertiary/aromatic N) is 1. The first kappa shape index (κ1) is 16.2. The Bertz CT molecular complexity index is 1110. The van der Waals surface area contributed by atoms with Crippen molar-refractivity contribution in [3.63, 3.8) is 0 Å². The van der Waals surface area contributed by atoms with Crippen LogP contribution in [-0.4, -0.2) is 20.0 Å². The molecule has 0 fully saturated rings. The second kappa shape index (κ2) is 6.52. The Morgan fingerprint density at radius 3 is 2.15 bits per heavy atom. The lowest BCUT2D eigenvalue weighted by Crippen LogP contribution is -2.14. The van der Waals surface area contributed by atoms with E-state index in [0.717, 1.165) is 32.9 Å². The second-order valence-corrected chi connectivity index (χ2v) is 6.55. The molecule has 0 aromatic heterocycles. The van der Waals surface area contributed by atoms with Crippen molar-refractivity contribution >= 4 is 38.8 Å². The van der Waals surface area contributed by atoms with Crippen LogP contribution in [0.2, 0.25) is 0 Å².